The minimum atomic E-state index is -1.23. The van der Waals surface area contributed by atoms with Gasteiger partial charge in [0.2, 0.25) is 17.0 Å². The molecule has 1 atom stereocenters. The second kappa shape index (κ2) is 8.99. The molecule has 0 radical (unpaired) electrons. The Balaban J connectivity index is 1.21. The van der Waals surface area contributed by atoms with Crippen LogP contribution in [0.25, 0.3) is 0 Å². The highest BCUT2D eigenvalue weighted by Gasteiger charge is 2.55. The van der Waals surface area contributed by atoms with Crippen LogP contribution >= 0.6 is 23.4 Å². The molecule has 34 heavy (non-hydrogen) atoms. The molecule has 3 heterocycles. The lowest BCUT2D eigenvalue weighted by atomic mass is 9.84. The third-order valence-electron chi connectivity index (χ3n) is 5.56. The first-order valence-electron chi connectivity index (χ1n) is 10.4. The van der Waals surface area contributed by atoms with E-state index in [0.29, 0.717) is 27.2 Å². The number of hydrogen-bond donors (Lipinski definition) is 3. The first-order chi connectivity index (χ1) is 16.4. The number of nitrogens with one attached hydrogen (secondary N) is 3. The largest absolute Gasteiger partial charge is 0.493 e. The van der Waals surface area contributed by atoms with Gasteiger partial charge >= 0.3 is 6.03 Å². The van der Waals surface area contributed by atoms with Crippen LogP contribution in [0.5, 0.6) is 5.75 Å². The van der Waals surface area contributed by atoms with Gasteiger partial charge in [-0.05, 0) is 23.8 Å². The van der Waals surface area contributed by atoms with Crippen molar-refractivity contribution in [1.82, 2.24) is 25.4 Å². The van der Waals surface area contributed by atoms with Crippen molar-refractivity contribution in [2.45, 2.75) is 22.9 Å². The van der Waals surface area contributed by atoms with Crippen molar-refractivity contribution in [2.24, 2.45) is 0 Å². The molecule has 4 amide bonds. The number of para-hydroxylation sites is 1. The third kappa shape index (κ3) is 4.19. The Morgan fingerprint density at radius 2 is 2.00 bits per heavy atom. The van der Waals surface area contributed by atoms with E-state index in [4.69, 9.17) is 16.3 Å². The van der Waals surface area contributed by atoms with Gasteiger partial charge in [0.15, 0.2) is 5.54 Å². The number of H-pyrrole nitrogens is 1. The number of benzene rings is 2. The average Bonchev–Trinajstić information content (AvgIpc) is 3.37. The first kappa shape index (κ1) is 22.2. The summed E-state index contributed by atoms with van der Waals surface area (Å²) >= 11 is 7.27. The molecule has 10 nitrogen and oxygen atoms in total. The van der Waals surface area contributed by atoms with Crippen LogP contribution in [-0.4, -0.2) is 51.1 Å². The molecule has 1 fully saturated rings. The minimum absolute atomic E-state index is 0.127. The average molecular weight is 499 g/mol. The monoisotopic (exact) mass is 498 g/mol. The van der Waals surface area contributed by atoms with Gasteiger partial charge in [0.05, 0.1) is 6.61 Å². The summed E-state index contributed by atoms with van der Waals surface area (Å²) in [7, 11) is 0. The van der Waals surface area contributed by atoms with Crippen LogP contribution in [0.3, 0.4) is 0 Å². The maximum Gasteiger partial charge on any atom is 0.325 e. The number of aromatic amines is 1. The number of amides is 4. The lowest BCUT2D eigenvalue weighted by Crippen LogP contribution is -2.48. The maximum atomic E-state index is 13.2. The zero-order chi connectivity index (χ0) is 23.7. The number of fused-ring (bicyclic) bond motifs is 2. The van der Waals surface area contributed by atoms with Crippen LogP contribution in [0.4, 0.5) is 10.7 Å². The first-order valence-corrected chi connectivity index (χ1v) is 11.8. The quantitative estimate of drug-likeness (QED) is 0.352. The van der Waals surface area contributed by atoms with E-state index < -0.39 is 29.9 Å². The van der Waals surface area contributed by atoms with Gasteiger partial charge < -0.3 is 10.1 Å². The van der Waals surface area contributed by atoms with Crippen molar-refractivity contribution >= 4 is 47.2 Å². The van der Waals surface area contributed by atoms with Gasteiger partial charge in [0.25, 0.3) is 5.91 Å². The van der Waals surface area contributed by atoms with Crippen molar-refractivity contribution in [3.63, 3.8) is 0 Å². The van der Waals surface area contributed by atoms with E-state index in [1.165, 1.54) is 11.8 Å². The molecule has 3 aromatic rings. The van der Waals surface area contributed by atoms with Crippen LogP contribution < -0.4 is 15.4 Å². The number of nitrogens with zero attached hydrogens (tertiary/aromatic N) is 3. The van der Waals surface area contributed by atoms with Crippen molar-refractivity contribution in [3.8, 4) is 5.75 Å². The lowest BCUT2D eigenvalue weighted by molar-refractivity contribution is -0.135. The Morgan fingerprint density at radius 3 is 2.82 bits per heavy atom. The Hall–Kier alpha value is -3.57. The molecule has 0 unspecified atom stereocenters. The zero-order valence-electron chi connectivity index (χ0n) is 17.7. The number of urea groups is 1. The summed E-state index contributed by atoms with van der Waals surface area (Å²) in [5.41, 5.74) is 0.399. The van der Waals surface area contributed by atoms with Crippen LogP contribution in [0, 0.1) is 0 Å². The predicted octanol–water partition coefficient (Wildman–Crippen LogP) is 2.92. The van der Waals surface area contributed by atoms with E-state index in [0.717, 1.165) is 10.5 Å². The fourth-order valence-corrected chi connectivity index (χ4v) is 4.81. The summed E-state index contributed by atoms with van der Waals surface area (Å²) in [5.74, 6) is 0.227. The Morgan fingerprint density at radius 1 is 1.21 bits per heavy atom. The molecule has 0 saturated carbocycles. The molecule has 5 rings (SSSR count). The number of hydrogen-bond acceptors (Lipinski definition) is 7. The van der Waals surface area contributed by atoms with Crippen LogP contribution in [-0.2, 0) is 20.9 Å². The van der Waals surface area contributed by atoms with Crippen LogP contribution in [0.15, 0.2) is 53.7 Å². The van der Waals surface area contributed by atoms with Crippen LogP contribution in [0.1, 0.15) is 17.5 Å². The maximum absolute atomic E-state index is 13.2. The predicted molar refractivity (Wildman–Crippen MR) is 125 cm³/mol. The van der Waals surface area contributed by atoms with Gasteiger partial charge in [-0.25, -0.2) is 9.89 Å². The lowest BCUT2D eigenvalue weighted by Gasteiger charge is -2.33. The summed E-state index contributed by atoms with van der Waals surface area (Å²) in [6.07, 6.45) is 0.281. The van der Waals surface area contributed by atoms with E-state index in [9.17, 15) is 14.4 Å². The summed E-state index contributed by atoms with van der Waals surface area (Å²) in [4.78, 5) is 43.6. The molecule has 1 saturated heterocycles. The normalized spacial score (nSPS) is 19.0. The number of anilines is 1. The molecular weight excluding hydrogens is 480 g/mol. The van der Waals surface area contributed by atoms with Crippen molar-refractivity contribution in [1.29, 1.82) is 0 Å². The molecule has 2 aromatic carbocycles. The summed E-state index contributed by atoms with van der Waals surface area (Å²) in [6.45, 7) is -0.180. The van der Waals surface area contributed by atoms with Crippen LogP contribution in [0.2, 0.25) is 5.02 Å². The minimum Gasteiger partial charge on any atom is -0.493 e. The summed E-state index contributed by atoms with van der Waals surface area (Å²) < 4.78 is 5.62. The number of imide groups is 1. The second-order valence-electron chi connectivity index (χ2n) is 7.75. The second-order valence-corrected chi connectivity index (χ2v) is 9.13. The summed E-state index contributed by atoms with van der Waals surface area (Å²) in [5, 5.41) is 13.1. The molecule has 3 N–H and O–H groups in total. The Labute approximate surface area is 203 Å². The smallest absolute Gasteiger partial charge is 0.325 e. The molecule has 0 bridgehead atoms. The highest BCUT2D eigenvalue weighted by molar-refractivity contribution is 7.98. The van der Waals surface area contributed by atoms with Crippen molar-refractivity contribution < 1.29 is 19.1 Å². The number of ether oxygens (including phenoxy) is 1. The Bertz CT molecular complexity index is 1270. The Kier molecular flexibility index (Phi) is 5.88. The summed E-state index contributed by atoms with van der Waals surface area (Å²) in [6, 6.07) is 13.9. The van der Waals surface area contributed by atoms with Gasteiger partial charge in [-0.15, -0.1) is 5.10 Å². The fraction of sp³-hybridized carbons (Fsp3) is 0.227. The van der Waals surface area contributed by atoms with E-state index in [1.807, 2.05) is 12.1 Å². The molecule has 12 heteroatoms. The highest BCUT2D eigenvalue weighted by atomic mass is 35.5. The van der Waals surface area contributed by atoms with Gasteiger partial charge in [-0.2, -0.15) is 4.98 Å². The zero-order valence-corrected chi connectivity index (χ0v) is 19.3. The number of aromatic nitrogens is 3. The number of rotatable bonds is 6. The topological polar surface area (TPSA) is 129 Å². The highest BCUT2D eigenvalue weighted by Crippen LogP contribution is 2.40. The standard InChI is InChI=1S/C22H19ClN6O4S/c23-14-7-5-13(6-8-14)12-34-20-25-19(27-28-20)24-17(30)11-29-18(31)22(26-21(29)32)9-10-33-16-4-2-1-3-15(16)22/h1-8H,9-12H2,(H,26,32)(H2,24,25,27,28,30)/t22-/m1/s1. The molecule has 0 aliphatic carbocycles. The third-order valence-corrected chi connectivity index (χ3v) is 6.73. The van der Waals surface area contributed by atoms with Crippen molar-refractivity contribution in [3.05, 3.63) is 64.7 Å². The molecule has 2 aliphatic rings. The number of halogens is 1. The van der Waals surface area contributed by atoms with Gasteiger partial charge in [-0.1, -0.05) is 53.7 Å². The van der Waals surface area contributed by atoms with E-state index >= 15 is 0 Å². The van der Waals surface area contributed by atoms with Gasteiger partial charge in [0.1, 0.15) is 12.3 Å². The number of thioether (sulfide) groups is 1. The molecule has 2 aliphatic heterocycles. The SMILES string of the molecule is O=C(CN1C(=O)N[C@@]2(CCOc3ccccc32)C1=O)Nc1nc(SCc2ccc(Cl)cc2)n[nH]1. The van der Waals surface area contributed by atoms with Crippen molar-refractivity contribution in [2.75, 3.05) is 18.5 Å². The van der Waals surface area contributed by atoms with E-state index in [1.54, 1.807) is 36.4 Å². The molecule has 1 spiro atoms. The van der Waals surface area contributed by atoms with Gasteiger partial charge in [-0.3, -0.25) is 19.8 Å². The number of carbonyl (C=O) groups is 3. The van der Waals surface area contributed by atoms with Gasteiger partial charge in [0, 0.05) is 22.8 Å². The molecule has 174 valence electrons. The molecule has 1 aromatic heterocycles. The van der Waals surface area contributed by atoms with E-state index in [2.05, 4.69) is 25.8 Å². The van der Waals surface area contributed by atoms with E-state index in [-0.39, 0.29) is 19.0 Å². The number of carbonyl (C=O) groups excluding carboxylic acids is 3. The molecular formula is C22H19ClN6O4S. The fourth-order valence-electron chi connectivity index (χ4n) is 3.93.